The van der Waals surface area contributed by atoms with Crippen LogP contribution in [0.25, 0.3) is 0 Å². The van der Waals surface area contributed by atoms with Crippen LogP contribution in [0.15, 0.2) is 0 Å². The van der Waals surface area contributed by atoms with Crippen LogP contribution in [0, 0.1) is 5.92 Å². The summed E-state index contributed by atoms with van der Waals surface area (Å²) < 4.78 is 5.31. The summed E-state index contributed by atoms with van der Waals surface area (Å²) in [6, 6.07) is -0.204. The van der Waals surface area contributed by atoms with E-state index < -0.39 is 6.04 Å². The maximum absolute atomic E-state index is 12.2. The zero-order chi connectivity index (χ0) is 13.1. The van der Waals surface area contributed by atoms with E-state index in [1.807, 2.05) is 0 Å². The quantitative estimate of drug-likeness (QED) is 0.681. The number of nitrogens with two attached hydrogens (primary N) is 1. The molecular formula is C12H21N3O3. The molecule has 0 aromatic heterocycles. The van der Waals surface area contributed by atoms with E-state index in [2.05, 4.69) is 5.32 Å². The van der Waals surface area contributed by atoms with Gasteiger partial charge in [-0.15, -0.1) is 0 Å². The van der Waals surface area contributed by atoms with Crippen LogP contribution in [0.4, 0.5) is 0 Å². The van der Waals surface area contributed by atoms with Crippen molar-refractivity contribution in [2.24, 2.45) is 11.7 Å². The second-order valence-electron chi connectivity index (χ2n) is 5.04. The molecule has 2 amide bonds. The van der Waals surface area contributed by atoms with Crippen LogP contribution in [0.3, 0.4) is 0 Å². The van der Waals surface area contributed by atoms with Crippen LogP contribution in [0.5, 0.6) is 0 Å². The smallest absolute Gasteiger partial charge is 0.245 e. The van der Waals surface area contributed by atoms with Gasteiger partial charge in [-0.25, -0.2) is 0 Å². The first-order chi connectivity index (χ1) is 8.63. The minimum absolute atomic E-state index is 0.0586. The summed E-state index contributed by atoms with van der Waals surface area (Å²) in [5, 5.41) is 2.92. The summed E-state index contributed by atoms with van der Waals surface area (Å²) >= 11 is 0. The highest BCUT2D eigenvalue weighted by molar-refractivity contribution is 5.89. The zero-order valence-electron chi connectivity index (χ0n) is 10.7. The van der Waals surface area contributed by atoms with Gasteiger partial charge < -0.3 is 20.7 Å². The van der Waals surface area contributed by atoms with E-state index in [1.54, 1.807) is 11.8 Å². The predicted octanol–water partition coefficient (Wildman–Crippen LogP) is -0.913. The van der Waals surface area contributed by atoms with Gasteiger partial charge in [-0.3, -0.25) is 9.59 Å². The Morgan fingerprint density at radius 2 is 2.22 bits per heavy atom. The number of rotatable bonds is 4. The molecule has 2 unspecified atom stereocenters. The molecule has 1 aliphatic carbocycles. The van der Waals surface area contributed by atoms with Gasteiger partial charge in [0.05, 0.1) is 13.2 Å². The zero-order valence-corrected chi connectivity index (χ0v) is 10.7. The summed E-state index contributed by atoms with van der Waals surface area (Å²) in [4.78, 5) is 25.8. The molecule has 0 bridgehead atoms. The highest BCUT2D eigenvalue weighted by atomic mass is 16.5. The van der Waals surface area contributed by atoms with Crippen LogP contribution in [0.1, 0.15) is 19.8 Å². The van der Waals surface area contributed by atoms with Gasteiger partial charge in [-0.2, -0.15) is 0 Å². The highest BCUT2D eigenvalue weighted by Gasteiger charge is 2.36. The summed E-state index contributed by atoms with van der Waals surface area (Å²) in [5.74, 6) is -0.411. The normalized spacial score (nSPS) is 25.7. The fourth-order valence-corrected chi connectivity index (χ4v) is 1.99. The fraction of sp³-hybridized carbons (Fsp3) is 0.833. The standard InChI is InChI=1S/C12H21N3O3/c1-8(6-13)12(17)15-4-5-18-7-10(15)11(16)14-9-2-3-9/h8-10H,2-7,13H2,1H3,(H,14,16). The maximum atomic E-state index is 12.2. The summed E-state index contributed by atoms with van der Waals surface area (Å²) in [5.41, 5.74) is 5.51. The highest BCUT2D eigenvalue weighted by Crippen LogP contribution is 2.20. The van der Waals surface area contributed by atoms with Gasteiger partial charge in [0.15, 0.2) is 0 Å². The number of carbonyl (C=O) groups is 2. The van der Waals surface area contributed by atoms with Gasteiger partial charge in [0.1, 0.15) is 6.04 Å². The molecule has 0 aromatic carbocycles. The minimum atomic E-state index is -0.499. The molecule has 0 aromatic rings. The Morgan fingerprint density at radius 1 is 1.50 bits per heavy atom. The Labute approximate surface area is 107 Å². The van der Waals surface area contributed by atoms with Crippen molar-refractivity contribution in [2.45, 2.75) is 31.8 Å². The molecule has 1 saturated carbocycles. The first kappa shape index (κ1) is 13.3. The van der Waals surface area contributed by atoms with Crippen LogP contribution < -0.4 is 11.1 Å². The molecule has 0 radical (unpaired) electrons. The molecule has 1 heterocycles. The van der Waals surface area contributed by atoms with Gasteiger partial charge in [0.2, 0.25) is 11.8 Å². The summed E-state index contributed by atoms with van der Waals surface area (Å²) in [7, 11) is 0. The van der Waals surface area contributed by atoms with Crippen LogP contribution in [0.2, 0.25) is 0 Å². The van der Waals surface area contributed by atoms with E-state index in [1.165, 1.54) is 0 Å². The Bertz CT molecular complexity index is 331. The SMILES string of the molecule is CC(CN)C(=O)N1CCOCC1C(=O)NC1CC1. The van der Waals surface area contributed by atoms with Crippen molar-refractivity contribution in [1.82, 2.24) is 10.2 Å². The predicted molar refractivity (Wildman–Crippen MR) is 65.7 cm³/mol. The Hall–Kier alpha value is -1.14. The van der Waals surface area contributed by atoms with Crippen molar-refractivity contribution in [3.8, 4) is 0 Å². The number of amides is 2. The molecule has 2 atom stereocenters. The van der Waals surface area contributed by atoms with E-state index in [4.69, 9.17) is 10.5 Å². The van der Waals surface area contributed by atoms with Crippen molar-refractivity contribution in [3.05, 3.63) is 0 Å². The number of nitrogens with one attached hydrogen (secondary N) is 1. The molecule has 6 nitrogen and oxygen atoms in total. The third kappa shape index (κ3) is 3.00. The average Bonchev–Trinajstić information content (AvgIpc) is 3.20. The Balaban J connectivity index is 1.99. The third-order valence-electron chi connectivity index (χ3n) is 3.41. The van der Waals surface area contributed by atoms with Gasteiger partial charge in [-0.1, -0.05) is 6.92 Å². The van der Waals surface area contributed by atoms with Crippen molar-refractivity contribution >= 4 is 11.8 Å². The summed E-state index contributed by atoms with van der Waals surface area (Å²) in [6.45, 7) is 3.31. The third-order valence-corrected chi connectivity index (χ3v) is 3.41. The lowest BCUT2D eigenvalue weighted by Gasteiger charge is -2.36. The monoisotopic (exact) mass is 255 g/mol. The molecule has 1 saturated heterocycles. The van der Waals surface area contributed by atoms with Crippen molar-refractivity contribution in [2.75, 3.05) is 26.3 Å². The fourth-order valence-electron chi connectivity index (χ4n) is 1.99. The molecule has 1 aliphatic heterocycles. The first-order valence-electron chi connectivity index (χ1n) is 6.52. The lowest BCUT2D eigenvalue weighted by molar-refractivity contribution is -0.151. The largest absolute Gasteiger partial charge is 0.377 e. The van der Waals surface area contributed by atoms with Gasteiger partial charge in [-0.05, 0) is 12.8 Å². The van der Waals surface area contributed by atoms with Crippen LogP contribution in [-0.4, -0.2) is 55.1 Å². The minimum Gasteiger partial charge on any atom is -0.377 e. The van der Waals surface area contributed by atoms with Gasteiger partial charge >= 0.3 is 0 Å². The maximum Gasteiger partial charge on any atom is 0.245 e. The molecule has 2 fully saturated rings. The summed E-state index contributed by atoms with van der Waals surface area (Å²) in [6.07, 6.45) is 2.07. The van der Waals surface area contributed by atoms with Crippen LogP contribution in [-0.2, 0) is 14.3 Å². The Kier molecular flexibility index (Phi) is 4.19. The van der Waals surface area contributed by atoms with Crippen molar-refractivity contribution in [1.29, 1.82) is 0 Å². The second kappa shape index (κ2) is 5.67. The first-order valence-corrected chi connectivity index (χ1v) is 6.52. The van der Waals surface area contributed by atoms with E-state index in [0.717, 1.165) is 12.8 Å². The molecule has 18 heavy (non-hydrogen) atoms. The van der Waals surface area contributed by atoms with Crippen molar-refractivity contribution < 1.29 is 14.3 Å². The van der Waals surface area contributed by atoms with E-state index in [0.29, 0.717) is 25.7 Å². The molecule has 0 spiro atoms. The van der Waals surface area contributed by atoms with E-state index in [9.17, 15) is 9.59 Å². The lowest BCUT2D eigenvalue weighted by Crippen LogP contribution is -2.57. The number of hydrogen-bond acceptors (Lipinski definition) is 4. The molecular weight excluding hydrogens is 234 g/mol. The molecule has 102 valence electrons. The van der Waals surface area contributed by atoms with Gasteiger partial charge in [0, 0.05) is 25.0 Å². The van der Waals surface area contributed by atoms with E-state index in [-0.39, 0.29) is 24.3 Å². The van der Waals surface area contributed by atoms with Crippen molar-refractivity contribution in [3.63, 3.8) is 0 Å². The number of nitrogens with zero attached hydrogens (tertiary/aromatic N) is 1. The van der Waals surface area contributed by atoms with Crippen LogP contribution >= 0.6 is 0 Å². The lowest BCUT2D eigenvalue weighted by atomic mass is 10.1. The number of morpholine rings is 1. The number of carbonyl (C=O) groups excluding carboxylic acids is 2. The molecule has 3 N–H and O–H groups in total. The van der Waals surface area contributed by atoms with E-state index >= 15 is 0 Å². The number of hydrogen-bond donors (Lipinski definition) is 2. The van der Waals surface area contributed by atoms with Gasteiger partial charge in [0.25, 0.3) is 0 Å². The number of ether oxygens (including phenoxy) is 1. The second-order valence-corrected chi connectivity index (χ2v) is 5.04. The average molecular weight is 255 g/mol. The molecule has 2 aliphatic rings. The molecule has 2 rings (SSSR count). The topological polar surface area (TPSA) is 84.7 Å². The molecule has 6 heteroatoms. The Morgan fingerprint density at radius 3 is 2.83 bits per heavy atom.